The molecule has 1 aliphatic heterocycles. The maximum absolute atomic E-state index is 13.1. The summed E-state index contributed by atoms with van der Waals surface area (Å²) >= 11 is 0. The molecule has 0 atom stereocenters. The van der Waals surface area contributed by atoms with Crippen molar-refractivity contribution in [2.75, 3.05) is 18.0 Å². The van der Waals surface area contributed by atoms with Crippen molar-refractivity contribution in [1.29, 1.82) is 0 Å². The van der Waals surface area contributed by atoms with Gasteiger partial charge in [-0.1, -0.05) is 23.8 Å². The highest BCUT2D eigenvalue weighted by molar-refractivity contribution is 7.89. The molecule has 2 aromatic rings. The molecule has 0 aromatic heterocycles. The minimum atomic E-state index is -3.59. The minimum absolute atomic E-state index is 0.148. The van der Waals surface area contributed by atoms with Crippen LogP contribution in [0.5, 0.6) is 0 Å². The van der Waals surface area contributed by atoms with Crippen molar-refractivity contribution in [2.24, 2.45) is 5.92 Å². The molecule has 27 heavy (non-hydrogen) atoms. The van der Waals surface area contributed by atoms with Gasteiger partial charge in [-0.25, -0.2) is 13.1 Å². The first-order valence-corrected chi connectivity index (χ1v) is 10.9. The van der Waals surface area contributed by atoms with E-state index in [1.807, 2.05) is 19.1 Å². The fourth-order valence-electron chi connectivity index (χ4n) is 3.52. The first-order valence-electron chi connectivity index (χ1n) is 9.45. The molecule has 2 aliphatic rings. The number of hydrogen-bond donors (Lipinski definition) is 1. The molecule has 4 rings (SSSR count). The van der Waals surface area contributed by atoms with E-state index >= 15 is 0 Å². The summed E-state index contributed by atoms with van der Waals surface area (Å²) in [6.45, 7) is 3.16. The number of sulfonamides is 1. The van der Waals surface area contributed by atoms with Crippen LogP contribution < -0.4 is 9.62 Å². The van der Waals surface area contributed by atoms with Crippen LogP contribution in [0.3, 0.4) is 0 Å². The van der Waals surface area contributed by atoms with Crippen molar-refractivity contribution in [3.63, 3.8) is 0 Å². The van der Waals surface area contributed by atoms with Crippen LogP contribution in [0.1, 0.15) is 40.7 Å². The zero-order valence-electron chi connectivity index (χ0n) is 15.4. The van der Waals surface area contributed by atoms with E-state index in [4.69, 9.17) is 0 Å². The molecule has 1 fully saturated rings. The van der Waals surface area contributed by atoms with E-state index in [1.165, 1.54) is 17.2 Å². The van der Waals surface area contributed by atoms with E-state index < -0.39 is 10.0 Å². The van der Waals surface area contributed by atoms with Gasteiger partial charge >= 0.3 is 0 Å². The lowest BCUT2D eigenvalue weighted by Gasteiger charge is -2.30. The Kier molecular flexibility index (Phi) is 4.78. The smallest absolute Gasteiger partial charge is 0.258 e. The topological polar surface area (TPSA) is 66.5 Å². The lowest BCUT2D eigenvalue weighted by atomic mass is 9.99. The standard InChI is InChI=1S/C21H24N2O3S/c1-15-7-10-20-17(12-15)5-3-11-23(20)21(24)18-4-2-6-19(13-18)27(25,26)22-14-16-8-9-16/h2,4,6-7,10,12-13,16,22H,3,5,8-9,11,14H2,1H3. The van der Waals surface area contributed by atoms with E-state index in [-0.39, 0.29) is 10.8 Å². The molecule has 0 spiro atoms. The van der Waals surface area contributed by atoms with Crippen LogP contribution in [0.15, 0.2) is 47.4 Å². The van der Waals surface area contributed by atoms with Gasteiger partial charge in [0.1, 0.15) is 0 Å². The molecule has 142 valence electrons. The molecule has 6 heteroatoms. The highest BCUT2D eigenvalue weighted by Gasteiger charge is 2.26. The summed E-state index contributed by atoms with van der Waals surface area (Å²) in [4.78, 5) is 15.0. The fourth-order valence-corrected chi connectivity index (χ4v) is 4.68. The van der Waals surface area contributed by atoms with Crippen molar-refractivity contribution in [3.05, 3.63) is 59.2 Å². The third-order valence-corrected chi connectivity index (χ3v) is 6.67. The summed E-state index contributed by atoms with van der Waals surface area (Å²) in [6.07, 6.45) is 4.02. The molecule has 0 saturated heterocycles. The number of rotatable bonds is 5. The van der Waals surface area contributed by atoms with E-state index in [9.17, 15) is 13.2 Å². The van der Waals surface area contributed by atoms with Gasteiger partial charge in [0.2, 0.25) is 10.0 Å². The maximum atomic E-state index is 13.1. The quantitative estimate of drug-likeness (QED) is 0.860. The Bertz CT molecular complexity index is 981. The van der Waals surface area contributed by atoms with Gasteiger partial charge in [-0.05, 0) is 68.4 Å². The van der Waals surface area contributed by atoms with Gasteiger partial charge in [-0.2, -0.15) is 0 Å². The lowest BCUT2D eigenvalue weighted by molar-refractivity contribution is 0.0985. The summed E-state index contributed by atoms with van der Waals surface area (Å²) in [7, 11) is -3.59. The Labute approximate surface area is 160 Å². The number of aryl methyl sites for hydroxylation is 2. The molecule has 1 aliphatic carbocycles. The second-order valence-corrected chi connectivity index (χ2v) is 9.28. The lowest BCUT2D eigenvalue weighted by Crippen LogP contribution is -2.35. The largest absolute Gasteiger partial charge is 0.308 e. The molecule has 2 aromatic carbocycles. The van der Waals surface area contributed by atoms with Crippen LogP contribution >= 0.6 is 0 Å². The zero-order valence-corrected chi connectivity index (χ0v) is 16.3. The summed E-state index contributed by atoms with van der Waals surface area (Å²) in [5.41, 5.74) is 3.68. The summed E-state index contributed by atoms with van der Waals surface area (Å²) in [5, 5.41) is 0. The monoisotopic (exact) mass is 384 g/mol. The average Bonchev–Trinajstić information content (AvgIpc) is 3.50. The Morgan fingerprint density at radius 2 is 2.00 bits per heavy atom. The highest BCUT2D eigenvalue weighted by atomic mass is 32.2. The molecule has 0 radical (unpaired) electrons. The van der Waals surface area contributed by atoms with Crippen LogP contribution in [0.2, 0.25) is 0 Å². The molecular formula is C21H24N2O3S. The van der Waals surface area contributed by atoms with Gasteiger partial charge in [-0.15, -0.1) is 0 Å². The summed E-state index contributed by atoms with van der Waals surface area (Å²) in [6, 6.07) is 12.5. The minimum Gasteiger partial charge on any atom is -0.308 e. The second-order valence-electron chi connectivity index (χ2n) is 7.52. The van der Waals surface area contributed by atoms with Crippen molar-refractivity contribution in [3.8, 4) is 0 Å². The first kappa shape index (κ1) is 18.2. The highest BCUT2D eigenvalue weighted by Crippen LogP contribution is 2.30. The van der Waals surface area contributed by atoms with Crippen LogP contribution in [0.25, 0.3) is 0 Å². The second kappa shape index (κ2) is 7.09. The summed E-state index contributed by atoms with van der Waals surface area (Å²) < 4.78 is 27.7. The van der Waals surface area contributed by atoms with Crippen LogP contribution in [0.4, 0.5) is 5.69 Å². The third-order valence-electron chi connectivity index (χ3n) is 5.25. The van der Waals surface area contributed by atoms with Gasteiger partial charge in [-0.3, -0.25) is 4.79 Å². The Balaban J connectivity index is 1.60. The Morgan fingerprint density at radius 1 is 1.19 bits per heavy atom. The van der Waals surface area contributed by atoms with Crippen LogP contribution in [-0.2, 0) is 16.4 Å². The van der Waals surface area contributed by atoms with Crippen molar-refractivity contribution in [1.82, 2.24) is 4.72 Å². The number of carbonyl (C=O) groups is 1. The average molecular weight is 385 g/mol. The van der Waals surface area contributed by atoms with Crippen molar-refractivity contribution in [2.45, 2.75) is 37.5 Å². The van der Waals surface area contributed by atoms with Gasteiger partial charge in [0, 0.05) is 24.3 Å². The Hall–Kier alpha value is -2.18. The van der Waals surface area contributed by atoms with Gasteiger partial charge < -0.3 is 4.90 Å². The number of hydrogen-bond acceptors (Lipinski definition) is 3. The number of benzene rings is 2. The molecule has 1 saturated carbocycles. The summed E-state index contributed by atoms with van der Waals surface area (Å²) in [5.74, 6) is 0.303. The van der Waals surface area contributed by atoms with E-state index in [1.54, 1.807) is 23.1 Å². The fraction of sp³-hybridized carbons (Fsp3) is 0.381. The van der Waals surface area contributed by atoms with Crippen molar-refractivity contribution >= 4 is 21.6 Å². The molecule has 0 bridgehead atoms. The van der Waals surface area contributed by atoms with Crippen LogP contribution in [0, 0.1) is 12.8 Å². The molecule has 1 amide bonds. The predicted octanol–water partition coefficient (Wildman–Crippen LogP) is 3.28. The van der Waals surface area contributed by atoms with E-state index in [2.05, 4.69) is 10.8 Å². The van der Waals surface area contributed by atoms with Crippen molar-refractivity contribution < 1.29 is 13.2 Å². The number of carbonyl (C=O) groups excluding carboxylic acids is 1. The number of nitrogens with zero attached hydrogens (tertiary/aromatic N) is 1. The number of fused-ring (bicyclic) bond motifs is 1. The normalized spacial score (nSPS) is 16.9. The SMILES string of the molecule is Cc1ccc2c(c1)CCCN2C(=O)c1cccc(S(=O)(=O)NCC2CC2)c1. The maximum Gasteiger partial charge on any atom is 0.258 e. The third kappa shape index (κ3) is 3.92. The molecule has 5 nitrogen and oxygen atoms in total. The number of amides is 1. The molecule has 0 unspecified atom stereocenters. The Morgan fingerprint density at radius 3 is 2.78 bits per heavy atom. The molecule has 1 N–H and O–H groups in total. The molecule has 1 heterocycles. The van der Waals surface area contributed by atoms with Gasteiger partial charge in [0.25, 0.3) is 5.91 Å². The van der Waals surface area contributed by atoms with Crippen LogP contribution in [-0.4, -0.2) is 27.4 Å². The number of nitrogens with one attached hydrogen (secondary N) is 1. The predicted molar refractivity (Wildman–Crippen MR) is 106 cm³/mol. The van der Waals surface area contributed by atoms with E-state index in [0.717, 1.165) is 31.4 Å². The zero-order chi connectivity index (χ0) is 19.0. The number of anilines is 1. The van der Waals surface area contributed by atoms with Gasteiger partial charge in [0.15, 0.2) is 0 Å². The van der Waals surface area contributed by atoms with E-state index in [0.29, 0.717) is 24.6 Å². The van der Waals surface area contributed by atoms with Gasteiger partial charge in [0.05, 0.1) is 4.90 Å². The first-order chi connectivity index (χ1) is 12.9. The molecular weight excluding hydrogens is 360 g/mol.